The van der Waals surface area contributed by atoms with Gasteiger partial charge in [0.1, 0.15) is 5.52 Å². The SMILES string of the molecule is CN1C[C@H](Nc2nc3cnccc3n2C)CC1=O. The van der Waals surface area contributed by atoms with E-state index in [1.807, 2.05) is 24.7 Å². The fraction of sp³-hybridized carbons (Fsp3) is 0.417. The summed E-state index contributed by atoms with van der Waals surface area (Å²) in [4.78, 5) is 21.8. The van der Waals surface area contributed by atoms with Crippen molar-refractivity contribution in [3.05, 3.63) is 18.5 Å². The molecule has 0 unspecified atom stereocenters. The molecule has 2 aromatic heterocycles. The summed E-state index contributed by atoms with van der Waals surface area (Å²) >= 11 is 0. The second-order valence-electron chi connectivity index (χ2n) is 4.68. The molecule has 1 saturated heterocycles. The standard InChI is InChI=1S/C12H15N5O/c1-16-7-8(5-11(16)18)14-12-15-9-6-13-4-3-10(9)17(12)2/h3-4,6,8H,5,7H2,1-2H3,(H,14,15)/t8-/m1/s1. The maximum absolute atomic E-state index is 11.5. The highest BCUT2D eigenvalue weighted by Gasteiger charge is 2.27. The molecule has 3 rings (SSSR count). The molecule has 1 atom stereocenters. The Balaban J connectivity index is 1.87. The molecule has 0 bridgehead atoms. The molecule has 3 heterocycles. The van der Waals surface area contributed by atoms with Crippen molar-refractivity contribution in [1.29, 1.82) is 0 Å². The molecule has 0 aliphatic carbocycles. The van der Waals surface area contributed by atoms with Crippen molar-refractivity contribution in [1.82, 2.24) is 19.4 Å². The Kier molecular flexibility index (Phi) is 2.43. The first-order valence-corrected chi connectivity index (χ1v) is 5.92. The zero-order valence-corrected chi connectivity index (χ0v) is 10.4. The minimum Gasteiger partial charge on any atom is -0.351 e. The summed E-state index contributed by atoms with van der Waals surface area (Å²) in [5.41, 5.74) is 1.89. The Bertz CT molecular complexity index is 606. The number of fused-ring (bicyclic) bond motifs is 1. The molecule has 0 aromatic carbocycles. The lowest BCUT2D eigenvalue weighted by atomic mass is 10.3. The lowest BCUT2D eigenvalue weighted by molar-refractivity contribution is -0.126. The van der Waals surface area contributed by atoms with Gasteiger partial charge in [-0.1, -0.05) is 0 Å². The van der Waals surface area contributed by atoms with Gasteiger partial charge >= 0.3 is 0 Å². The van der Waals surface area contributed by atoms with Crippen LogP contribution in [-0.2, 0) is 11.8 Å². The van der Waals surface area contributed by atoms with Gasteiger partial charge in [0.05, 0.1) is 17.8 Å². The average Bonchev–Trinajstić information content (AvgIpc) is 2.83. The van der Waals surface area contributed by atoms with Gasteiger partial charge in [-0.05, 0) is 6.07 Å². The molecule has 1 amide bonds. The fourth-order valence-electron chi connectivity index (χ4n) is 2.32. The van der Waals surface area contributed by atoms with Crippen LogP contribution >= 0.6 is 0 Å². The Morgan fingerprint density at radius 2 is 2.28 bits per heavy atom. The van der Waals surface area contributed by atoms with Crippen molar-refractivity contribution < 1.29 is 4.79 Å². The van der Waals surface area contributed by atoms with Crippen LogP contribution < -0.4 is 5.32 Å². The number of rotatable bonds is 2. The smallest absolute Gasteiger partial charge is 0.224 e. The first-order valence-electron chi connectivity index (χ1n) is 5.92. The zero-order chi connectivity index (χ0) is 12.7. The van der Waals surface area contributed by atoms with Gasteiger partial charge < -0.3 is 14.8 Å². The molecule has 6 nitrogen and oxygen atoms in total. The number of nitrogens with one attached hydrogen (secondary N) is 1. The van der Waals surface area contributed by atoms with Gasteiger partial charge in [0, 0.05) is 33.3 Å². The second-order valence-corrected chi connectivity index (χ2v) is 4.68. The highest BCUT2D eigenvalue weighted by Crippen LogP contribution is 2.19. The van der Waals surface area contributed by atoms with Crippen LogP contribution in [0.25, 0.3) is 11.0 Å². The molecule has 1 aliphatic rings. The van der Waals surface area contributed by atoms with Gasteiger partial charge in [0.2, 0.25) is 11.9 Å². The molecule has 2 aromatic rings. The maximum Gasteiger partial charge on any atom is 0.224 e. The summed E-state index contributed by atoms with van der Waals surface area (Å²) in [7, 11) is 3.78. The summed E-state index contributed by atoms with van der Waals surface area (Å²) in [6, 6.07) is 2.06. The topological polar surface area (TPSA) is 63.0 Å². The van der Waals surface area contributed by atoms with Crippen molar-refractivity contribution in [3.8, 4) is 0 Å². The predicted octanol–water partition coefficient (Wildman–Crippen LogP) is 0.611. The van der Waals surface area contributed by atoms with E-state index in [2.05, 4.69) is 15.3 Å². The van der Waals surface area contributed by atoms with Crippen LogP contribution in [0, 0.1) is 0 Å². The lowest BCUT2D eigenvalue weighted by Gasteiger charge is -2.12. The van der Waals surface area contributed by atoms with E-state index in [-0.39, 0.29) is 11.9 Å². The van der Waals surface area contributed by atoms with Crippen molar-refractivity contribution in [3.63, 3.8) is 0 Å². The molecule has 0 saturated carbocycles. The summed E-state index contributed by atoms with van der Waals surface area (Å²) in [6.45, 7) is 0.723. The summed E-state index contributed by atoms with van der Waals surface area (Å²) in [5, 5.41) is 3.32. The number of hydrogen-bond acceptors (Lipinski definition) is 4. The molecule has 94 valence electrons. The number of carbonyl (C=O) groups is 1. The van der Waals surface area contributed by atoms with Crippen LogP contribution in [0.15, 0.2) is 18.5 Å². The van der Waals surface area contributed by atoms with Gasteiger partial charge in [-0.25, -0.2) is 4.98 Å². The third-order valence-corrected chi connectivity index (χ3v) is 3.36. The van der Waals surface area contributed by atoms with E-state index in [0.29, 0.717) is 6.42 Å². The molecule has 1 fully saturated rings. The molecule has 1 N–H and O–H groups in total. The van der Waals surface area contributed by atoms with E-state index < -0.39 is 0 Å². The lowest BCUT2D eigenvalue weighted by Crippen LogP contribution is -2.25. The molecule has 0 radical (unpaired) electrons. The number of pyridine rings is 1. The van der Waals surface area contributed by atoms with Gasteiger partial charge in [0.15, 0.2) is 0 Å². The van der Waals surface area contributed by atoms with Crippen LogP contribution in [0.3, 0.4) is 0 Å². The number of anilines is 1. The van der Waals surface area contributed by atoms with Gasteiger partial charge in [-0.15, -0.1) is 0 Å². The second kappa shape index (κ2) is 3.97. The molecule has 18 heavy (non-hydrogen) atoms. The van der Waals surface area contributed by atoms with E-state index in [1.165, 1.54) is 0 Å². The Morgan fingerprint density at radius 1 is 1.44 bits per heavy atom. The van der Waals surface area contributed by atoms with Crippen LogP contribution in [0.1, 0.15) is 6.42 Å². The number of carbonyl (C=O) groups excluding carboxylic acids is 1. The number of amides is 1. The van der Waals surface area contributed by atoms with Crippen LogP contribution in [-0.4, -0.2) is 45.0 Å². The first kappa shape index (κ1) is 11.0. The molecular weight excluding hydrogens is 230 g/mol. The van der Waals surface area contributed by atoms with Crippen molar-refractivity contribution in [2.24, 2.45) is 7.05 Å². The van der Waals surface area contributed by atoms with Crippen LogP contribution in [0.2, 0.25) is 0 Å². The molecule has 6 heteroatoms. The van der Waals surface area contributed by atoms with Gasteiger partial charge in [-0.2, -0.15) is 0 Å². The Hall–Kier alpha value is -2.11. The van der Waals surface area contributed by atoms with Gasteiger partial charge in [-0.3, -0.25) is 9.78 Å². The largest absolute Gasteiger partial charge is 0.351 e. The fourth-order valence-corrected chi connectivity index (χ4v) is 2.32. The average molecular weight is 245 g/mol. The van der Waals surface area contributed by atoms with Crippen molar-refractivity contribution >= 4 is 22.9 Å². The minimum atomic E-state index is 0.131. The summed E-state index contributed by atoms with van der Waals surface area (Å²) in [6.07, 6.45) is 4.02. The number of nitrogens with zero attached hydrogens (tertiary/aromatic N) is 4. The number of aromatic nitrogens is 3. The third-order valence-electron chi connectivity index (χ3n) is 3.36. The third kappa shape index (κ3) is 1.70. The quantitative estimate of drug-likeness (QED) is 0.842. The minimum absolute atomic E-state index is 0.131. The number of hydrogen-bond donors (Lipinski definition) is 1. The van der Waals surface area contributed by atoms with E-state index in [1.54, 1.807) is 17.3 Å². The van der Waals surface area contributed by atoms with Crippen molar-refractivity contribution in [2.45, 2.75) is 12.5 Å². The van der Waals surface area contributed by atoms with E-state index in [4.69, 9.17) is 0 Å². The number of likely N-dealkylation sites (N-methyl/N-ethyl adjacent to an activating group) is 1. The van der Waals surface area contributed by atoms with Gasteiger partial charge in [0.25, 0.3) is 0 Å². The number of imidazole rings is 1. The maximum atomic E-state index is 11.5. The first-order chi connectivity index (χ1) is 8.65. The van der Waals surface area contributed by atoms with E-state index in [9.17, 15) is 4.79 Å². The Morgan fingerprint density at radius 3 is 2.94 bits per heavy atom. The van der Waals surface area contributed by atoms with E-state index >= 15 is 0 Å². The van der Waals surface area contributed by atoms with Crippen LogP contribution in [0.4, 0.5) is 5.95 Å². The number of aryl methyl sites for hydroxylation is 1. The highest BCUT2D eigenvalue weighted by molar-refractivity contribution is 5.80. The molecule has 0 spiro atoms. The molecular formula is C12H15N5O. The van der Waals surface area contributed by atoms with Crippen molar-refractivity contribution in [2.75, 3.05) is 18.9 Å². The highest BCUT2D eigenvalue weighted by atomic mass is 16.2. The zero-order valence-electron chi connectivity index (χ0n) is 10.4. The van der Waals surface area contributed by atoms with Crippen LogP contribution in [0.5, 0.6) is 0 Å². The summed E-state index contributed by atoms with van der Waals surface area (Å²) in [5.74, 6) is 0.957. The Labute approximate surface area is 105 Å². The molecule has 1 aliphatic heterocycles. The normalized spacial score (nSPS) is 19.8. The monoisotopic (exact) mass is 245 g/mol. The summed E-state index contributed by atoms with van der Waals surface area (Å²) < 4.78 is 1.99. The number of likely N-dealkylation sites (tertiary alicyclic amines) is 1. The predicted molar refractivity (Wildman–Crippen MR) is 68.2 cm³/mol. The van der Waals surface area contributed by atoms with E-state index in [0.717, 1.165) is 23.5 Å².